The SMILES string of the molecule is CC(CN)CN(C)CC(C)(C)O. The number of hydrogen-bond acceptors (Lipinski definition) is 3. The Morgan fingerprint density at radius 2 is 2.00 bits per heavy atom. The van der Waals surface area contributed by atoms with Gasteiger partial charge in [-0.15, -0.1) is 0 Å². The molecular weight excluding hydrogens is 152 g/mol. The maximum absolute atomic E-state index is 9.50. The Labute approximate surface area is 75.6 Å². The van der Waals surface area contributed by atoms with E-state index in [1.165, 1.54) is 0 Å². The lowest BCUT2D eigenvalue weighted by atomic mass is 10.1. The van der Waals surface area contributed by atoms with E-state index in [1.54, 1.807) is 0 Å². The zero-order chi connectivity index (χ0) is 9.78. The molecule has 0 fully saturated rings. The van der Waals surface area contributed by atoms with Crippen molar-refractivity contribution < 1.29 is 5.11 Å². The third-order valence-corrected chi connectivity index (χ3v) is 1.68. The van der Waals surface area contributed by atoms with Gasteiger partial charge >= 0.3 is 0 Å². The molecule has 74 valence electrons. The maximum Gasteiger partial charge on any atom is 0.0718 e. The molecule has 0 aliphatic carbocycles. The standard InChI is InChI=1S/C9H22N2O/c1-8(5-10)6-11(4)7-9(2,3)12/h8,12H,5-7,10H2,1-4H3. The highest BCUT2D eigenvalue weighted by molar-refractivity contribution is 4.71. The van der Waals surface area contributed by atoms with E-state index in [9.17, 15) is 5.11 Å². The molecule has 0 rings (SSSR count). The second-order valence-corrected chi connectivity index (χ2v) is 4.35. The first-order valence-electron chi connectivity index (χ1n) is 4.46. The molecule has 0 aromatic rings. The van der Waals surface area contributed by atoms with E-state index in [-0.39, 0.29) is 0 Å². The molecule has 3 heteroatoms. The monoisotopic (exact) mass is 174 g/mol. The van der Waals surface area contributed by atoms with Gasteiger partial charge in [-0.3, -0.25) is 0 Å². The van der Waals surface area contributed by atoms with Crippen LogP contribution in [0.4, 0.5) is 0 Å². The van der Waals surface area contributed by atoms with Crippen LogP contribution in [0.5, 0.6) is 0 Å². The fourth-order valence-electron chi connectivity index (χ4n) is 1.33. The van der Waals surface area contributed by atoms with Gasteiger partial charge in [-0.2, -0.15) is 0 Å². The molecule has 1 atom stereocenters. The summed E-state index contributed by atoms with van der Waals surface area (Å²) in [4.78, 5) is 2.11. The molecule has 0 spiro atoms. The summed E-state index contributed by atoms with van der Waals surface area (Å²) in [7, 11) is 2.00. The Morgan fingerprint density at radius 1 is 1.50 bits per heavy atom. The van der Waals surface area contributed by atoms with Crippen molar-refractivity contribution in [3.05, 3.63) is 0 Å². The van der Waals surface area contributed by atoms with Crippen molar-refractivity contribution in [3.8, 4) is 0 Å². The number of aliphatic hydroxyl groups is 1. The maximum atomic E-state index is 9.50. The molecule has 1 unspecified atom stereocenters. The van der Waals surface area contributed by atoms with Crippen LogP contribution in [0.15, 0.2) is 0 Å². The van der Waals surface area contributed by atoms with Crippen LogP contribution in [-0.2, 0) is 0 Å². The van der Waals surface area contributed by atoms with Gasteiger partial charge in [0, 0.05) is 13.1 Å². The molecule has 0 radical (unpaired) electrons. The van der Waals surface area contributed by atoms with Gasteiger partial charge in [0.05, 0.1) is 5.60 Å². The van der Waals surface area contributed by atoms with Crippen LogP contribution < -0.4 is 5.73 Å². The smallest absolute Gasteiger partial charge is 0.0718 e. The van der Waals surface area contributed by atoms with Crippen LogP contribution in [-0.4, -0.2) is 42.3 Å². The van der Waals surface area contributed by atoms with Crippen molar-refractivity contribution in [1.82, 2.24) is 4.90 Å². The van der Waals surface area contributed by atoms with Gasteiger partial charge in [-0.1, -0.05) is 6.92 Å². The van der Waals surface area contributed by atoms with E-state index >= 15 is 0 Å². The summed E-state index contributed by atoms with van der Waals surface area (Å²) in [5.74, 6) is 0.498. The van der Waals surface area contributed by atoms with Gasteiger partial charge in [0.1, 0.15) is 0 Å². The fraction of sp³-hybridized carbons (Fsp3) is 1.00. The molecule has 0 aliphatic rings. The largest absolute Gasteiger partial charge is 0.389 e. The summed E-state index contributed by atoms with van der Waals surface area (Å²) in [5.41, 5.74) is 4.89. The summed E-state index contributed by atoms with van der Waals surface area (Å²) in [6, 6.07) is 0. The van der Waals surface area contributed by atoms with E-state index in [2.05, 4.69) is 11.8 Å². The highest BCUT2D eigenvalue weighted by atomic mass is 16.3. The minimum absolute atomic E-state index is 0.498. The molecule has 0 heterocycles. The minimum atomic E-state index is -0.608. The molecule has 3 N–H and O–H groups in total. The Kier molecular flexibility index (Phi) is 4.75. The lowest BCUT2D eigenvalue weighted by Gasteiger charge is -2.27. The number of nitrogens with two attached hydrogens (primary N) is 1. The molecule has 0 bridgehead atoms. The predicted molar refractivity (Wildman–Crippen MR) is 52.0 cm³/mol. The average molecular weight is 174 g/mol. The zero-order valence-electron chi connectivity index (χ0n) is 8.67. The van der Waals surface area contributed by atoms with Gasteiger partial charge in [0.25, 0.3) is 0 Å². The highest BCUT2D eigenvalue weighted by Gasteiger charge is 2.16. The van der Waals surface area contributed by atoms with Crippen LogP contribution in [0.1, 0.15) is 20.8 Å². The van der Waals surface area contributed by atoms with Crippen LogP contribution in [0, 0.1) is 5.92 Å². The van der Waals surface area contributed by atoms with Gasteiger partial charge in [0.15, 0.2) is 0 Å². The lowest BCUT2D eigenvalue weighted by Crippen LogP contribution is -2.39. The second-order valence-electron chi connectivity index (χ2n) is 4.35. The zero-order valence-corrected chi connectivity index (χ0v) is 8.67. The van der Waals surface area contributed by atoms with Crippen molar-refractivity contribution in [2.45, 2.75) is 26.4 Å². The molecular formula is C9H22N2O. The van der Waals surface area contributed by atoms with Gasteiger partial charge in [0.2, 0.25) is 0 Å². The van der Waals surface area contributed by atoms with Crippen molar-refractivity contribution >= 4 is 0 Å². The van der Waals surface area contributed by atoms with E-state index < -0.39 is 5.60 Å². The third-order valence-electron chi connectivity index (χ3n) is 1.68. The molecule has 0 saturated heterocycles. The molecule has 0 saturated carbocycles. The number of hydrogen-bond donors (Lipinski definition) is 2. The summed E-state index contributed by atoms with van der Waals surface area (Å²) in [6.45, 7) is 8.09. The topological polar surface area (TPSA) is 49.5 Å². The number of rotatable bonds is 5. The first-order valence-corrected chi connectivity index (χ1v) is 4.46. The molecule has 0 aromatic carbocycles. The first-order chi connectivity index (χ1) is 5.35. The van der Waals surface area contributed by atoms with E-state index in [0.29, 0.717) is 19.0 Å². The second kappa shape index (κ2) is 4.80. The Balaban J connectivity index is 3.66. The Bertz CT molecular complexity index is 120. The third kappa shape index (κ3) is 6.58. The molecule has 12 heavy (non-hydrogen) atoms. The molecule has 0 amide bonds. The van der Waals surface area contributed by atoms with Crippen LogP contribution in [0.3, 0.4) is 0 Å². The van der Waals surface area contributed by atoms with Crippen molar-refractivity contribution in [2.75, 3.05) is 26.7 Å². The Morgan fingerprint density at radius 3 is 2.33 bits per heavy atom. The Hall–Kier alpha value is -0.120. The molecule has 0 aliphatic heterocycles. The van der Waals surface area contributed by atoms with Gasteiger partial charge in [-0.05, 0) is 33.4 Å². The van der Waals surface area contributed by atoms with Crippen molar-refractivity contribution in [2.24, 2.45) is 11.7 Å². The quantitative estimate of drug-likeness (QED) is 0.629. The summed E-state index contributed by atoms with van der Waals surface area (Å²) >= 11 is 0. The normalized spacial score (nSPS) is 15.2. The average Bonchev–Trinajstić information content (AvgIpc) is 1.82. The summed E-state index contributed by atoms with van der Waals surface area (Å²) in [6.07, 6.45) is 0. The van der Waals surface area contributed by atoms with E-state index in [0.717, 1.165) is 6.54 Å². The minimum Gasteiger partial charge on any atom is -0.389 e. The first kappa shape index (κ1) is 11.9. The summed E-state index contributed by atoms with van der Waals surface area (Å²) in [5, 5.41) is 9.50. The summed E-state index contributed by atoms with van der Waals surface area (Å²) < 4.78 is 0. The number of likely N-dealkylation sites (N-methyl/N-ethyl adjacent to an activating group) is 1. The predicted octanol–water partition coefficient (Wildman–Crippen LogP) is 0.284. The highest BCUT2D eigenvalue weighted by Crippen LogP contribution is 2.04. The van der Waals surface area contributed by atoms with E-state index in [1.807, 2.05) is 20.9 Å². The van der Waals surface area contributed by atoms with Crippen LogP contribution in [0.25, 0.3) is 0 Å². The number of nitrogens with zero attached hydrogens (tertiary/aromatic N) is 1. The molecule has 3 nitrogen and oxygen atoms in total. The molecule has 0 aromatic heterocycles. The van der Waals surface area contributed by atoms with Crippen LogP contribution >= 0.6 is 0 Å². The van der Waals surface area contributed by atoms with Gasteiger partial charge < -0.3 is 15.7 Å². The lowest BCUT2D eigenvalue weighted by molar-refractivity contribution is 0.0412. The van der Waals surface area contributed by atoms with Crippen molar-refractivity contribution in [1.29, 1.82) is 0 Å². The fourth-order valence-corrected chi connectivity index (χ4v) is 1.33. The van der Waals surface area contributed by atoms with Crippen LogP contribution in [0.2, 0.25) is 0 Å². The van der Waals surface area contributed by atoms with Crippen molar-refractivity contribution in [3.63, 3.8) is 0 Å². The van der Waals surface area contributed by atoms with Gasteiger partial charge in [-0.25, -0.2) is 0 Å². The van der Waals surface area contributed by atoms with E-state index in [4.69, 9.17) is 5.73 Å².